The van der Waals surface area contributed by atoms with Crippen molar-refractivity contribution in [1.29, 1.82) is 0 Å². The monoisotopic (exact) mass is 604 g/mol. The van der Waals surface area contributed by atoms with E-state index in [-0.39, 0.29) is 30.0 Å². The zero-order chi connectivity index (χ0) is 31.8. The highest BCUT2D eigenvalue weighted by atomic mass is 16.2. The highest BCUT2D eigenvalue weighted by Gasteiger charge is 2.36. The molecule has 45 heavy (non-hydrogen) atoms. The molecule has 1 fully saturated rings. The first-order valence-electron chi connectivity index (χ1n) is 16.2. The number of hydrogen-bond donors (Lipinski definition) is 3. The number of aliphatic imine (C=N–C) groups is 1. The maximum absolute atomic E-state index is 14.1. The zero-order valence-corrected chi connectivity index (χ0v) is 26.7. The number of hydrogen-bond acceptors (Lipinski definition) is 4. The van der Waals surface area contributed by atoms with Gasteiger partial charge in [-0.25, -0.2) is 0 Å². The molecule has 1 heterocycles. The van der Waals surface area contributed by atoms with Gasteiger partial charge in [-0.2, -0.15) is 0 Å². The molecule has 7 nitrogen and oxygen atoms in total. The minimum absolute atomic E-state index is 0.0242. The van der Waals surface area contributed by atoms with Gasteiger partial charge in [-0.3, -0.25) is 14.7 Å². The summed E-state index contributed by atoms with van der Waals surface area (Å²) in [6.07, 6.45) is 3.71. The molecule has 7 heteroatoms. The molecular formula is C38H48N6O. The number of carbonyl (C=O) groups excluding carboxylic acids is 1. The average molecular weight is 605 g/mol. The van der Waals surface area contributed by atoms with Gasteiger partial charge >= 0.3 is 0 Å². The SMILES string of the molecule is Cc1ccc(C[C@H](N)CN2C[C@@H](Cc3ccccc3)N(C(=O)Cc3ccc4ccccc4c3)C[C@@H]2CCCN=C(N)N)c(C)c1. The van der Waals surface area contributed by atoms with Gasteiger partial charge in [-0.15, -0.1) is 0 Å². The van der Waals surface area contributed by atoms with Crippen molar-refractivity contribution >= 4 is 22.6 Å². The molecule has 5 rings (SSSR count). The summed E-state index contributed by atoms with van der Waals surface area (Å²) in [5.74, 6) is 0.278. The fraction of sp³-hybridized carbons (Fsp3) is 0.368. The number of nitrogens with two attached hydrogens (primary N) is 3. The van der Waals surface area contributed by atoms with Crippen LogP contribution in [0.25, 0.3) is 10.8 Å². The molecule has 6 N–H and O–H groups in total. The first-order chi connectivity index (χ1) is 21.7. The number of amides is 1. The first-order valence-corrected chi connectivity index (χ1v) is 16.2. The number of nitrogens with zero attached hydrogens (tertiary/aromatic N) is 3. The third-order valence-electron chi connectivity index (χ3n) is 9.05. The molecule has 0 spiro atoms. The summed E-state index contributed by atoms with van der Waals surface area (Å²) in [5.41, 5.74) is 24.2. The lowest BCUT2D eigenvalue weighted by Gasteiger charge is -2.47. The molecule has 1 saturated heterocycles. The summed E-state index contributed by atoms with van der Waals surface area (Å²) in [6.45, 7) is 7.04. The molecule has 236 valence electrons. The molecule has 4 aromatic carbocycles. The lowest BCUT2D eigenvalue weighted by atomic mass is 9.94. The Morgan fingerprint density at radius 2 is 1.62 bits per heavy atom. The second-order valence-electron chi connectivity index (χ2n) is 12.7. The van der Waals surface area contributed by atoms with E-state index in [1.165, 1.54) is 27.6 Å². The molecule has 1 aliphatic rings. The second-order valence-corrected chi connectivity index (χ2v) is 12.7. The average Bonchev–Trinajstić information content (AvgIpc) is 3.02. The highest BCUT2D eigenvalue weighted by Crippen LogP contribution is 2.25. The largest absolute Gasteiger partial charge is 0.370 e. The predicted octanol–water partition coefficient (Wildman–Crippen LogP) is 4.75. The van der Waals surface area contributed by atoms with E-state index in [0.29, 0.717) is 19.5 Å². The van der Waals surface area contributed by atoms with Gasteiger partial charge in [0.2, 0.25) is 5.91 Å². The van der Waals surface area contributed by atoms with E-state index in [1.807, 2.05) is 18.2 Å². The van der Waals surface area contributed by atoms with Crippen molar-refractivity contribution in [3.63, 3.8) is 0 Å². The van der Waals surface area contributed by atoms with Gasteiger partial charge in [-0.05, 0) is 72.6 Å². The predicted molar refractivity (Wildman–Crippen MR) is 186 cm³/mol. The van der Waals surface area contributed by atoms with Crippen molar-refractivity contribution in [3.05, 3.63) is 119 Å². The van der Waals surface area contributed by atoms with Gasteiger partial charge in [0, 0.05) is 44.3 Å². The molecule has 4 aromatic rings. The summed E-state index contributed by atoms with van der Waals surface area (Å²) < 4.78 is 0. The standard InChI is InChI=1S/C38H48N6O/c1-27-14-16-32(28(2)19-27)23-34(39)24-43-25-36(21-29-9-4-3-5-10-29)44(26-35(43)13-8-18-42-38(40)41)37(45)22-30-15-17-31-11-6-7-12-33(31)20-30/h3-7,9-12,14-17,19-20,34-36H,8,13,18,21-26,39H2,1-2H3,(H4,40,41,42)/t34-,35-,36+/m0/s1. The number of carbonyl (C=O) groups is 1. The van der Waals surface area contributed by atoms with Gasteiger partial charge in [0.15, 0.2) is 5.96 Å². The number of aryl methyl sites for hydroxylation is 2. The summed E-state index contributed by atoms with van der Waals surface area (Å²) in [4.78, 5) is 23.0. The van der Waals surface area contributed by atoms with E-state index in [1.54, 1.807) is 0 Å². The van der Waals surface area contributed by atoms with Crippen LogP contribution in [0.2, 0.25) is 0 Å². The molecule has 0 unspecified atom stereocenters. The second kappa shape index (κ2) is 15.2. The number of rotatable bonds is 12. The van der Waals surface area contributed by atoms with Gasteiger partial charge in [0.05, 0.1) is 6.42 Å². The van der Waals surface area contributed by atoms with E-state index in [2.05, 4.69) is 101 Å². The van der Waals surface area contributed by atoms with Gasteiger partial charge in [0.1, 0.15) is 0 Å². The number of benzene rings is 4. The van der Waals surface area contributed by atoms with Crippen LogP contribution in [0.3, 0.4) is 0 Å². The molecule has 0 bridgehead atoms. The van der Waals surface area contributed by atoms with Crippen LogP contribution < -0.4 is 17.2 Å². The van der Waals surface area contributed by atoms with Crippen LogP contribution >= 0.6 is 0 Å². The van der Waals surface area contributed by atoms with Crippen LogP contribution in [-0.2, 0) is 24.1 Å². The van der Waals surface area contributed by atoms with Crippen LogP contribution in [0.5, 0.6) is 0 Å². The molecular weight excluding hydrogens is 556 g/mol. The Bertz CT molecular complexity index is 1600. The van der Waals surface area contributed by atoms with Crippen molar-refractivity contribution in [2.45, 2.75) is 64.1 Å². The summed E-state index contributed by atoms with van der Waals surface area (Å²) >= 11 is 0. The highest BCUT2D eigenvalue weighted by molar-refractivity contribution is 5.85. The molecule has 0 saturated carbocycles. The van der Waals surface area contributed by atoms with Crippen LogP contribution in [0.15, 0.2) is 96.0 Å². The van der Waals surface area contributed by atoms with Crippen LogP contribution in [-0.4, -0.2) is 66.0 Å². The summed E-state index contributed by atoms with van der Waals surface area (Å²) in [6, 6.07) is 31.9. The van der Waals surface area contributed by atoms with Crippen molar-refractivity contribution < 1.29 is 4.79 Å². The molecule has 1 amide bonds. The Balaban J connectivity index is 1.37. The van der Waals surface area contributed by atoms with Crippen molar-refractivity contribution in [2.75, 3.05) is 26.2 Å². The van der Waals surface area contributed by atoms with Gasteiger partial charge in [0.25, 0.3) is 0 Å². The van der Waals surface area contributed by atoms with E-state index < -0.39 is 0 Å². The Kier molecular flexibility index (Phi) is 10.9. The summed E-state index contributed by atoms with van der Waals surface area (Å²) in [5, 5.41) is 2.34. The van der Waals surface area contributed by atoms with Crippen molar-refractivity contribution in [2.24, 2.45) is 22.2 Å². The van der Waals surface area contributed by atoms with Crippen LogP contribution in [0.1, 0.15) is 40.7 Å². The van der Waals surface area contributed by atoms with E-state index in [4.69, 9.17) is 17.2 Å². The summed E-state index contributed by atoms with van der Waals surface area (Å²) in [7, 11) is 0. The Morgan fingerprint density at radius 3 is 2.38 bits per heavy atom. The van der Waals surface area contributed by atoms with E-state index in [0.717, 1.165) is 49.7 Å². The third-order valence-corrected chi connectivity index (χ3v) is 9.05. The fourth-order valence-corrected chi connectivity index (χ4v) is 6.76. The van der Waals surface area contributed by atoms with E-state index >= 15 is 0 Å². The lowest BCUT2D eigenvalue weighted by molar-refractivity contribution is -0.137. The topological polar surface area (TPSA) is 114 Å². The minimum Gasteiger partial charge on any atom is -0.370 e. The van der Waals surface area contributed by atoms with Crippen LogP contribution in [0, 0.1) is 13.8 Å². The first kappa shape index (κ1) is 32.2. The minimum atomic E-state index is -0.0242. The number of fused-ring (bicyclic) bond motifs is 1. The normalized spacial score (nSPS) is 17.7. The third kappa shape index (κ3) is 8.93. The van der Waals surface area contributed by atoms with Crippen molar-refractivity contribution in [1.82, 2.24) is 9.80 Å². The number of piperazine rings is 1. The van der Waals surface area contributed by atoms with Crippen LogP contribution in [0.4, 0.5) is 0 Å². The lowest BCUT2D eigenvalue weighted by Crippen LogP contribution is -2.62. The quantitative estimate of drug-likeness (QED) is 0.123. The Morgan fingerprint density at radius 1 is 0.867 bits per heavy atom. The molecule has 1 aliphatic heterocycles. The molecule has 3 atom stereocenters. The van der Waals surface area contributed by atoms with Gasteiger partial charge in [-0.1, -0.05) is 96.6 Å². The maximum atomic E-state index is 14.1. The fourth-order valence-electron chi connectivity index (χ4n) is 6.76. The molecule has 0 aromatic heterocycles. The zero-order valence-electron chi connectivity index (χ0n) is 26.7. The maximum Gasteiger partial charge on any atom is 0.227 e. The molecule has 0 radical (unpaired) electrons. The van der Waals surface area contributed by atoms with E-state index in [9.17, 15) is 4.79 Å². The Hall–Kier alpha value is -4.20. The van der Waals surface area contributed by atoms with Gasteiger partial charge < -0.3 is 22.1 Å². The number of guanidine groups is 1. The Labute approximate surface area is 268 Å². The van der Waals surface area contributed by atoms with Crippen molar-refractivity contribution in [3.8, 4) is 0 Å². The smallest absolute Gasteiger partial charge is 0.227 e. The molecule has 0 aliphatic carbocycles.